The van der Waals surface area contributed by atoms with Crippen LogP contribution in [0.2, 0.25) is 15.1 Å². The van der Waals surface area contributed by atoms with Gasteiger partial charge in [-0.1, -0.05) is 53.0 Å². The lowest BCUT2D eigenvalue weighted by Crippen LogP contribution is -2.34. The zero-order chi connectivity index (χ0) is 29.8. The lowest BCUT2D eigenvalue weighted by molar-refractivity contribution is -0.139. The average Bonchev–Trinajstić information content (AvgIpc) is 2.78. The Kier molecular flexibility index (Phi) is 11.4. The summed E-state index contributed by atoms with van der Waals surface area (Å²) < 4.78 is 119. The zero-order valence-corrected chi connectivity index (χ0v) is 22.8. The summed E-state index contributed by atoms with van der Waals surface area (Å²) in [4.78, 5) is 12.5. The largest absolute Gasteiger partial charge is 0.417 e. The van der Waals surface area contributed by atoms with Gasteiger partial charge in [0.05, 0.1) is 37.9 Å². The molecule has 0 radical (unpaired) electrons. The zero-order valence-electron chi connectivity index (χ0n) is 19.7. The molecule has 0 saturated heterocycles. The first kappa shape index (κ1) is 33.4. The van der Waals surface area contributed by atoms with E-state index in [1.54, 1.807) is 0 Å². The third kappa shape index (κ3) is 10.3. The van der Waals surface area contributed by atoms with Crippen LogP contribution in [0.25, 0.3) is 6.08 Å². The SMILES string of the molecule is CC(CCSCC(F)(F)F)NC(=O)c1ccc(/C=C/C(c2cc(Cl)c(Cl)c(Cl)c2)C(F)(F)F)cc1C(F)(F)F. The van der Waals surface area contributed by atoms with E-state index >= 15 is 0 Å². The van der Waals surface area contributed by atoms with E-state index in [0.717, 1.165) is 30.3 Å². The van der Waals surface area contributed by atoms with Crippen molar-refractivity contribution in [1.29, 1.82) is 0 Å². The second-order valence-electron chi connectivity index (χ2n) is 8.31. The molecule has 0 aliphatic carbocycles. The molecule has 1 N–H and O–H groups in total. The molecule has 0 bridgehead atoms. The van der Waals surface area contributed by atoms with Crippen molar-refractivity contribution in [3.05, 3.63) is 73.7 Å². The van der Waals surface area contributed by atoms with Crippen LogP contribution < -0.4 is 5.32 Å². The molecule has 2 atom stereocenters. The Morgan fingerprint density at radius 2 is 1.56 bits per heavy atom. The predicted octanol–water partition coefficient (Wildman–Crippen LogP) is 9.83. The van der Waals surface area contributed by atoms with Gasteiger partial charge in [0.15, 0.2) is 0 Å². The molecule has 0 heterocycles. The summed E-state index contributed by atoms with van der Waals surface area (Å²) >= 11 is 18.0. The van der Waals surface area contributed by atoms with Crippen molar-refractivity contribution in [2.24, 2.45) is 0 Å². The lowest BCUT2D eigenvalue weighted by Gasteiger charge is -2.19. The molecule has 0 aliphatic rings. The molecule has 0 spiro atoms. The quantitative estimate of drug-likeness (QED) is 0.167. The topological polar surface area (TPSA) is 29.1 Å². The summed E-state index contributed by atoms with van der Waals surface area (Å²) in [6, 6.07) is 3.49. The van der Waals surface area contributed by atoms with E-state index in [2.05, 4.69) is 5.32 Å². The van der Waals surface area contributed by atoms with Crippen molar-refractivity contribution in [3.8, 4) is 0 Å². The fourth-order valence-corrected chi connectivity index (χ4v) is 4.80. The third-order valence-corrected chi connectivity index (χ3v) is 7.38. The van der Waals surface area contributed by atoms with Crippen LogP contribution in [-0.4, -0.2) is 35.8 Å². The summed E-state index contributed by atoms with van der Waals surface area (Å²) in [5.41, 5.74) is -2.87. The van der Waals surface area contributed by atoms with Crippen LogP contribution in [0.15, 0.2) is 36.4 Å². The van der Waals surface area contributed by atoms with Gasteiger partial charge in [-0.25, -0.2) is 0 Å². The number of amides is 1. The van der Waals surface area contributed by atoms with Gasteiger partial charge in [-0.3, -0.25) is 4.79 Å². The van der Waals surface area contributed by atoms with E-state index in [1.165, 1.54) is 6.92 Å². The van der Waals surface area contributed by atoms with Crippen LogP contribution in [-0.2, 0) is 6.18 Å². The predicted molar refractivity (Wildman–Crippen MR) is 136 cm³/mol. The molecule has 216 valence electrons. The number of thioether (sulfide) groups is 1. The Balaban J connectivity index is 2.29. The molecule has 2 nitrogen and oxygen atoms in total. The van der Waals surface area contributed by atoms with E-state index in [1.807, 2.05) is 0 Å². The summed E-state index contributed by atoms with van der Waals surface area (Å²) in [5, 5.41) is 1.64. The number of nitrogens with one attached hydrogen (secondary N) is 1. The minimum Gasteiger partial charge on any atom is -0.350 e. The normalized spacial score (nSPS) is 14.5. The molecule has 39 heavy (non-hydrogen) atoms. The third-order valence-electron chi connectivity index (χ3n) is 5.13. The number of hydrogen-bond donors (Lipinski definition) is 1. The van der Waals surface area contributed by atoms with E-state index in [4.69, 9.17) is 34.8 Å². The highest BCUT2D eigenvalue weighted by molar-refractivity contribution is 7.99. The molecule has 0 aliphatic heterocycles. The van der Waals surface area contributed by atoms with Crippen molar-refractivity contribution in [1.82, 2.24) is 5.32 Å². The smallest absolute Gasteiger partial charge is 0.350 e. The monoisotopic (exact) mass is 645 g/mol. The maximum absolute atomic E-state index is 13.7. The molecule has 0 saturated carbocycles. The first-order valence-corrected chi connectivity index (χ1v) is 13.1. The fraction of sp³-hybridized carbons (Fsp3) is 0.375. The van der Waals surface area contributed by atoms with Crippen LogP contribution in [0.1, 0.15) is 46.3 Å². The molecule has 2 rings (SSSR count). The summed E-state index contributed by atoms with van der Waals surface area (Å²) in [6.45, 7) is 1.42. The van der Waals surface area contributed by atoms with Gasteiger partial charge in [0.1, 0.15) is 0 Å². The highest BCUT2D eigenvalue weighted by Crippen LogP contribution is 2.41. The molecule has 2 aromatic rings. The number of rotatable bonds is 9. The van der Waals surface area contributed by atoms with Gasteiger partial charge in [0.2, 0.25) is 0 Å². The minimum absolute atomic E-state index is 0.00122. The highest BCUT2D eigenvalue weighted by atomic mass is 35.5. The van der Waals surface area contributed by atoms with Gasteiger partial charge in [0, 0.05) is 6.04 Å². The number of benzene rings is 2. The maximum atomic E-state index is 13.7. The van der Waals surface area contributed by atoms with E-state index in [9.17, 15) is 44.3 Å². The number of allylic oxidation sites excluding steroid dienone is 1. The minimum atomic E-state index is -5.04. The average molecular weight is 647 g/mol. The Bertz CT molecular complexity index is 1170. The van der Waals surface area contributed by atoms with E-state index in [0.29, 0.717) is 23.9 Å². The second-order valence-corrected chi connectivity index (χ2v) is 10.6. The molecule has 15 heteroatoms. The molecular weight excluding hydrogens is 628 g/mol. The van der Waals surface area contributed by atoms with Crippen LogP contribution in [0, 0.1) is 0 Å². The fourth-order valence-electron chi connectivity index (χ4n) is 3.29. The van der Waals surface area contributed by atoms with Crippen molar-refractivity contribution in [2.45, 2.75) is 43.8 Å². The van der Waals surface area contributed by atoms with Gasteiger partial charge in [-0.2, -0.15) is 51.3 Å². The van der Waals surface area contributed by atoms with Crippen molar-refractivity contribution >= 4 is 58.5 Å². The van der Waals surface area contributed by atoms with Gasteiger partial charge in [-0.15, -0.1) is 0 Å². The molecule has 0 fully saturated rings. The van der Waals surface area contributed by atoms with Gasteiger partial charge >= 0.3 is 18.5 Å². The summed E-state index contributed by atoms with van der Waals surface area (Å²) in [6.07, 6.45) is -12.8. The number of carbonyl (C=O) groups is 1. The Morgan fingerprint density at radius 1 is 0.974 bits per heavy atom. The van der Waals surface area contributed by atoms with Crippen molar-refractivity contribution in [3.63, 3.8) is 0 Å². The van der Waals surface area contributed by atoms with Crippen LogP contribution in [0.4, 0.5) is 39.5 Å². The first-order chi connectivity index (χ1) is 17.8. The van der Waals surface area contributed by atoms with Crippen molar-refractivity contribution < 1.29 is 44.3 Å². The van der Waals surface area contributed by atoms with Crippen molar-refractivity contribution in [2.75, 3.05) is 11.5 Å². The molecule has 2 aromatic carbocycles. The maximum Gasteiger partial charge on any atom is 0.417 e. The highest BCUT2D eigenvalue weighted by Gasteiger charge is 2.40. The first-order valence-electron chi connectivity index (χ1n) is 10.9. The number of hydrogen-bond acceptors (Lipinski definition) is 2. The Labute approximate surface area is 236 Å². The lowest BCUT2D eigenvalue weighted by atomic mass is 9.96. The van der Waals surface area contributed by atoms with Crippen LogP contribution in [0.5, 0.6) is 0 Å². The Morgan fingerprint density at radius 3 is 2.08 bits per heavy atom. The van der Waals surface area contributed by atoms with Crippen LogP contribution in [0.3, 0.4) is 0 Å². The van der Waals surface area contributed by atoms with E-state index in [-0.39, 0.29) is 32.8 Å². The Hall–Kier alpha value is -1.76. The molecule has 2 unspecified atom stereocenters. The van der Waals surface area contributed by atoms with Crippen LogP contribution >= 0.6 is 46.6 Å². The van der Waals surface area contributed by atoms with Gasteiger partial charge < -0.3 is 5.32 Å². The molecule has 1 amide bonds. The summed E-state index contributed by atoms with van der Waals surface area (Å²) in [7, 11) is 0. The van der Waals surface area contributed by atoms with E-state index < -0.39 is 58.8 Å². The number of halogens is 12. The number of alkyl halides is 9. The van der Waals surface area contributed by atoms with Gasteiger partial charge in [-0.05, 0) is 54.5 Å². The van der Waals surface area contributed by atoms with Gasteiger partial charge in [0.25, 0.3) is 5.91 Å². The molecule has 0 aromatic heterocycles. The molecular formula is C24H19Cl3F9NOS. The second kappa shape index (κ2) is 13.3. The number of carbonyl (C=O) groups excluding carboxylic acids is 1. The summed E-state index contributed by atoms with van der Waals surface area (Å²) in [5.74, 6) is -4.53. The standard InChI is InChI=1S/C24H19Cl3F9NOS/c1-12(6-7-39-11-22(28,29)30)37-21(38)15-4-2-13(8-17(15)24(34,35)36)3-5-16(23(31,32)33)14-9-18(25)20(27)19(26)10-14/h2-5,8-10,12,16H,6-7,11H2,1H3,(H,37,38)/b5-3+.